The van der Waals surface area contributed by atoms with Crippen LogP contribution in [0.4, 0.5) is 0 Å². The highest BCUT2D eigenvalue weighted by Gasteiger charge is 2.27. The maximum atomic E-state index is 12.7. The van der Waals surface area contributed by atoms with Gasteiger partial charge in [0, 0.05) is 23.0 Å². The first kappa shape index (κ1) is 14.4. The molecule has 3 heteroatoms. The van der Waals surface area contributed by atoms with Gasteiger partial charge in [-0.15, -0.1) is 12.6 Å². The molecule has 0 atom stereocenters. The summed E-state index contributed by atoms with van der Waals surface area (Å²) in [5, 5.41) is 0. The van der Waals surface area contributed by atoms with Crippen molar-refractivity contribution in [1.29, 1.82) is 0 Å². The minimum Gasteiger partial charge on any atom is -0.335 e. The lowest BCUT2D eigenvalue weighted by Gasteiger charge is -2.30. The predicted molar refractivity (Wildman–Crippen MR) is 81.8 cm³/mol. The molecule has 1 saturated carbocycles. The van der Waals surface area contributed by atoms with Crippen molar-refractivity contribution in [3.63, 3.8) is 0 Å². The summed E-state index contributed by atoms with van der Waals surface area (Å²) in [5.74, 6) is 0.683. The Labute approximate surface area is 121 Å². The van der Waals surface area contributed by atoms with Crippen LogP contribution in [0.5, 0.6) is 0 Å². The smallest absolute Gasteiger partial charge is 0.254 e. The molecule has 1 fully saturated rings. The van der Waals surface area contributed by atoms with Crippen LogP contribution in [0.1, 0.15) is 49.9 Å². The zero-order valence-electron chi connectivity index (χ0n) is 11.8. The Morgan fingerprint density at radius 2 is 1.84 bits per heavy atom. The second kappa shape index (κ2) is 6.47. The van der Waals surface area contributed by atoms with Gasteiger partial charge in [-0.25, -0.2) is 0 Å². The van der Waals surface area contributed by atoms with Crippen LogP contribution in [0.15, 0.2) is 29.2 Å². The maximum absolute atomic E-state index is 12.7. The standard InChI is InChI=1S/C16H23NOS/c1-12(2)11-17(14-5-3-4-6-14)16(18)13-7-9-15(19)10-8-13/h7-10,12,14,19H,3-6,11H2,1-2H3. The van der Waals surface area contributed by atoms with Crippen molar-refractivity contribution in [3.05, 3.63) is 29.8 Å². The molecule has 19 heavy (non-hydrogen) atoms. The van der Waals surface area contributed by atoms with Crippen molar-refractivity contribution in [1.82, 2.24) is 4.90 Å². The average Bonchev–Trinajstić information content (AvgIpc) is 2.89. The first-order chi connectivity index (χ1) is 9.08. The lowest BCUT2D eigenvalue weighted by Crippen LogP contribution is -2.41. The van der Waals surface area contributed by atoms with Crippen LogP contribution in [-0.4, -0.2) is 23.4 Å². The Hall–Kier alpha value is -0.960. The molecule has 0 radical (unpaired) electrons. The van der Waals surface area contributed by atoms with E-state index in [-0.39, 0.29) is 5.91 Å². The van der Waals surface area contributed by atoms with E-state index in [1.165, 1.54) is 12.8 Å². The number of carbonyl (C=O) groups excluding carboxylic acids is 1. The Balaban J connectivity index is 2.16. The lowest BCUT2D eigenvalue weighted by atomic mass is 10.1. The van der Waals surface area contributed by atoms with Crippen LogP contribution >= 0.6 is 12.6 Å². The highest BCUT2D eigenvalue weighted by Crippen LogP contribution is 2.26. The summed E-state index contributed by atoms with van der Waals surface area (Å²) in [7, 11) is 0. The van der Waals surface area contributed by atoms with Gasteiger partial charge in [-0.1, -0.05) is 26.7 Å². The summed E-state index contributed by atoms with van der Waals surface area (Å²) >= 11 is 4.27. The van der Waals surface area contributed by atoms with E-state index < -0.39 is 0 Å². The molecule has 2 rings (SSSR count). The van der Waals surface area contributed by atoms with Gasteiger partial charge in [0.2, 0.25) is 0 Å². The summed E-state index contributed by atoms with van der Waals surface area (Å²) in [6, 6.07) is 7.97. The number of carbonyl (C=O) groups is 1. The van der Waals surface area contributed by atoms with Gasteiger partial charge in [-0.05, 0) is 43.0 Å². The summed E-state index contributed by atoms with van der Waals surface area (Å²) in [6.45, 7) is 5.20. The molecule has 0 heterocycles. The monoisotopic (exact) mass is 277 g/mol. The number of thiol groups is 1. The number of rotatable bonds is 4. The second-order valence-electron chi connectivity index (χ2n) is 5.84. The van der Waals surface area contributed by atoms with Crippen molar-refractivity contribution in [3.8, 4) is 0 Å². The number of hydrogen-bond donors (Lipinski definition) is 1. The summed E-state index contributed by atoms with van der Waals surface area (Å²) in [4.78, 5) is 15.7. The molecule has 0 aliphatic heterocycles. The van der Waals surface area contributed by atoms with E-state index in [9.17, 15) is 4.79 Å². The first-order valence-electron chi connectivity index (χ1n) is 7.18. The molecule has 104 valence electrons. The molecule has 0 aromatic heterocycles. The molecule has 2 nitrogen and oxygen atoms in total. The molecule has 0 N–H and O–H groups in total. The third kappa shape index (κ3) is 3.75. The largest absolute Gasteiger partial charge is 0.335 e. The summed E-state index contributed by atoms with van der Waals surface area (Å²) in [6.07, 6.45) is 4.82. The van der Waals surface area contributed by atoms with E-state index in [4.69, 9.17) is 0 Å². The molecular weight excluding hydrogens is 254 g/mol. The van der Waals surface area contributed by atoms with Gasteiger partial charge in [-0.2, -0.15) is 0 Å². The molecule has 1 aromatic carbocycles. The summed E-state index contributed by atoms with van der Waals surface area (Å²) in [5.41, 5.74) is 0.783. The SMILES string of the molecule is CC(C)CN(C(=O)c1ccc(S)cc1)C1CCCC1. The van der Waals surface area contributed by atoms with Crippen LogP contribution in [0, 0.1) is 5.92 Å². The van der Waals surface area contributed by atoms with Crippen molar-refractivity contribution in [2.45, 2.75) is 50.5 Å². The molecular formula is C16H23NOS. The van der Waals surface area contributed by atoms with Gasteiger partial charge < -0.3 is 4.90 Å². The van der Waals surface area contributed by atoms with E-state index in [2.05, 4.69) is 31.4 Å². The van der Waals surface area contributed by atoms with Crippen LogP contribution in [0.25, 0.3) is 0 Å². The van der Waals surface area contributed by atoms with Gasteiger partial charge in [0.15, 0.2) is 0 Å². The number of nitrogens with zero attached hydrogens (tertiary/aromatic N) is 1. The molecule has 0 saturated heterocycles. The Kier molecular flexibility index (Phi) is 4.92. The minimum absolute atomic E-state index is 0.175. The zero-order valence-corrected chi connectivity index (χ0v) is 12.7. The van der Waals surface area contributed by atoms with Crippen LogP contribution < -0.4 is 0 Å². The normalized spacial score (nSPS) is 16.0. The molecule has 1 aliphatic carbocycles. The molecule has 0 spiro atoms. The van der Waals surface area contributed by atoms with E-state index in [0.717, 1.165) is 29.8 Å². The first-order valence-corrected chi connectivity index (χ1v) is 7.62. The second-order valence-corrected chi connectivity index (χ2v) is 6.35. The topological polar surface area (TPSA) is 20.3 Å². The van der Waals surface area contributed by atoms with E-state index in [1.54, 1.807) is 0 Å². The van der Waals surface area contributed by atoms with E-state index in [0.29, 0.717) is 12.0 Å². The number of hydrogen-bond acceptors (Lipinski definition) is 2. The zero-order chi connectivity index (χ0) is 13.8. The fourth-order valence-corrected chi connectivity index (χ4v) is 2.93. The Morgan fingerprint density at radius 3 is 2.37 bits per heavy atom. The Bertz CT molecular complexity index is 421. The van der Waals surface area contributed by atoms with Crippen LogP contribution in [0.2, 0.25) is 0 Å². The molecule has 0 unspecified atom stereocenters. The molecule has 1 aromatic rings. The van der Waals surface area contributed by atoms with Gasteiger partial charge in [-0.3, -0.25) is 4.79 Å². The Morgan fingerprint density at radius 1 is 1.26 bits per heavy atom. The predicted octanol–water partition coefficient (Wildman–Crippen LogP) is 4.02. The highest BCUT2D eigenvalue weighted by molar-refractivity contribution is 7.80. The fourth-order valence-electron chi connectivity index (χ4n) is 2.78. The van der Waals surface area contributed by atoms with Crippen molar-refractivity contribution >= 4 is 18.5 Å². The average molecular weight is 277 g/mol. The van der Waals surface area contributed by atoms with Crippen LogP contribution in [0.3, 0.4) is 0 Å². The minimum atomic E-state index is 0.175. The van der Waals surface area contributed by atoms with Gasteiger partial charge in [0.1, 0.15) is 0 Å². The van der Waals surface area contributed by atoms with Crippen molar-refractivity contribution in [2.24, 2.45) is 5.92 Å². The lowest BCUT2D eigenvalue weighted by molar-refractivity contribution is 0.0655. The molecule has 1 amide bonds. The third-order valence-electron chi connectivity index (χ3n) is 3.70. The van der Waals surface area contributed by atoms with Gasteiger partial charge >= 0.3 is 0 Å². The quantitative estimate of drug-likeness (QED) is 0.824. The number of amides is 1. The highest BCUT2D eigenvalue weighted by atomic mass is 32.1. The molecule has 1 aliphatic rings. The van der Waals surface area contributed by atoms with Crippen molar-refractivity contribution < 1.29 is 4.79 Å². The van der Waals surface area contributed by atoms with E-state index in [1.807, 2.05) is 24.3 Å². The molecule has 0 bridgehead atoms. The van der Waals surface area contributed by atoms with Crippen LogP contribution in [-0.2, 0) is 0 Å². The maximum Gasteiger partial charge on any atom is 0.254 e. The number of benzene rings is 1. The third-order valence-corrected chi connectivity index (χ3v) is 4.00. The van der Waals surface area contributed by atoms with Gasteiger partial charge in [0.25, 0.3) is 5.91 Å². The fraction of sp³-hybridized carbons (Fsp3) is 0.562. The summed E-state index contributed by atoms with van der Waals surface area (Å²) < 4.78 is 0. The van der Waals surface area contributed by atoms with Crippen molar-refractivity contribution in [2.75, 3.05) is 6.54 Å². The van der Waals surface area contributed by atoms with E-state index >= 15 is 0 Å². The van der Waals surface area contributed by atoms with Gasteiger partial charge in [0.05, 0.1) is 0 Å².